The minimum Gasteiger partial charge on any atom is -0.493 e. The van der Waals surface area contributed by atoms with E-state index in [1.54, 1.807) is 25.1 Å². The van der Waals surface area contributed by atoms with Gasteiger partial charge < -0.3 is 14.8 Å². The van der Waals surface area contributed by atoms with Crippen molar-refractivity contribution in [2.75, 3.05) is 14.2 Å². The SMILES string of the molecule is COc1cccc(C(=O)NC(C)c2ccc(F)c(F)c2)c1OC. The quantitative estimate of drug-likeness (QED) is 0.917. The van der Waals surface area contributed by atoms with Gasteiger partial charge in [-0.25, -0.2) is 8.78 Å². The number of carbonyl (C=O) groups is 1. The summed E-state index contributed by atoms with van der Waals surface area (Å²) in [5.41, 5.74) is 0.750. The summed E-state index contributed by atoms with van der Waals surface area (Å²) in [4.78, 5) is 12.4. The summed E-state index contributed by atoms with van der Waals surface area (Å²) in [6.07, 6.45) is 0. The molecule has 0 bridgehead atoms. The number of amides is 1. The Bertz CT molecular complexity index is 719. The maximum Gasteiger partial charge on any atom is 0.255 e. The van der Waals surface area contributed by atoms with Gasteiger partial charge in [0.2, 0.25) is 0 Å². The third-order valence-corrected chi connectivity index (χ3v) is 3.44. The van der Waals surface area contributed by atoms with Crippen molar-refractivity contribution in [3.63, 3.8) is 0 Å². The summed E-state index contributed by atoms with van der Waals surface area (Å²) >= 11 is 0. The largest absolute Gasteiger partial charge is 0.493 e. The summed E-state index contributed by atoms with van der Waals surface area (Å²) in [5, 5.41) is 2.72. The number of halogens is 2. The van der Waals surface area contributed by atoms with Crippen LogP contribution in [0, 0.1) is 11.6 Å². The van der Waals surface area contributed by atoms with Crippen molar-refractivity contribution in [1.29, 1.82) is 0 Å². The van der Waals surface area contributed by atoms with Gasteiger partial charge in [0.05, 0.1) is 25.8 Å². The van der Waals surface area contributed by atoms with E-state index in [9.17, 15) is 13.6 Å². The highest BCUT2D eigenvalue weighted by atomic mass is 19.2. The van der Waals surface area contributed by atoms with Crippen LogP contribution in [0.1, 0.15) is 28.9 Å². The molecule has 0 saturated carbocycles. The second-order valence-corrected chi connectivity index (χ2v) is 4.91. The Morgan fingerprint density at radius 1 is 1.09 bits per heavy atom. The minimum absolute atomic E-state index is 0.293. The molecule has 23 heavy (non-hydrogen) atoms. The Hall–Kier alpha value is -2.63. The molecule has 1 amide bonds. The molecule has 0 aromatic heterocycles. The first-order valence-corrected chi connectivity index (χ1v) is 6.94. The first-order chi connectivity index (χ1) is 11.0. The number of benzene rings is 2. The van der Waals surface area contributed by atoms with E-state index in [1.165, 1.54) is 20.3 Å². The second kappa shape index (κ2) is 7.09. The van der Waals surface area contributed by atoms with Gasteiger partial charge in [-0.15, -0.1) is 0 Å². The van der Waals surface area contributed by atoms with Crippen molar-refractivity contribution >= 4 is 5.91 Å². The zero-order valence-corrected chi connectivity index (χ0v) is 13.0. The molecule has 122 valence electrons. The molecule has 1 atom stereocenters. The molecule has 1 N–H and O–H groups in total. The maximum atomic E-state index is 13.3. The number of rotatable bonds is 5. The Morgan fingerprint density at radius 2 is 1.83 bits per heavy atom. The summed E-state index contributed by atoms with van der Waals surface area (Å²) in [7, 11) is 2.91. The zero-order valence-electron chi connectivity index (χ0n) is 13.0. The van der Waals surface area contributed by atoms with Gasteiger partial charge in [0.25, 0.3) is 5.91 Å². The van der Waals surface area contributed by atoms with E-state index in [0.29, 0.717) is 22.6 Å². The monoisotopic (exact) mass is 321 g/mol. The fourth-order valence-corrected chi connectivity index (χ4v) is 2.21. The highest BCUT2D eigenvalue weighted by molar-refractivity contribution is 5.98. The normalized spacial score (nSPS) is 11.7. The Kier molecular flexibility index (Phi) is 5.16. The number of nitrogens with one attached hydrogen (secondary N) is 1. The lowest BCUT2D eigenvalue weighted by Crippen LogP contribution is -2.27. The van der Waals surface area contributed by atoms with Gasteiger partial charge in [-0.05, 0) is 36.8 Å². The van der Waals surface area contributed by atoms with Crippen molar-refractivity contribution in [2.24, 2.45) is 0 Å². The third-order valence-electron chi connectivity index (χ3n) is 3.44. The highest BCUT2D eigenvalue weighted by Gasteiger charge is 2.19. The van der Waals surface area contributed by atoms with Crippen molar-refractivity contribution < 1.29 is 23.0 Å². The molecule has 0 aliphatic carbocycles. The van der Waals surface area contributed by atoms with Gasteiger partial charge in [-0.3, -0.25) is 4.79 Å². The van der Waals surface area contributed by atoms with E-state index in [2.05, 4.69) is 5.32 Å². The highest BCUT2D eigenvalue weighted by Crippen LogP contribution is 2.31. The zero-order chi connectivity index (χ0) is 17.0. The number of hydrogen-bond acceptors (Lipinski definition) is 3. The molecule has 6 heteroatoms. The van der Waals surface area contributed by atoms with Gasteiger partial charge in [-0.1, -0.05) is 12.1 Å². The molecule has 0 aliphatic heterocycles. The van der Waals surface area contributed by atoms with Crippen LogP contribution in [-0.2, 0) is 0 Å². The van der Waals surface area contributed by atoms with Gasteiger partial charge in [-0.2, -0.15) is 0 Å². The molecular formula is C17H17F2NO3. The Balaban J connectivity index is 2.23. The number of ether oxygens (including phenoxy) is 2. The smallest absolute Gasteiger partial charge is 0.255 e. The minimum atomic E-state index is -0.956. The molecule has 1 unspecified atom stereocenters. The molecule has 2 aromatic rings. The Labute approximate surface area is 133 Å². The standard InChI is InChI=1S/C17H17F2NO3/c1-10(11-7-8-13(18)14(19)9-11)20-17(21)12-5-4-6-15(22-2)16(12)23-3/h4-10H,1-3H3,(H,20,21). The molecule has 2 aromatic carbocycles. The molecule has 0 heterocycles. The van der Waals surface area contributed by atoms with Crippen LogP contribution in [0.4, 0.5) is 8.78 Å². The van der Waals surface area contributed by atoms with Crippen LogP contribution in [-0.4, -0.2) is 20.1 Å². The molecule has 0 aliphatic rings. The number of hydrogen-bond donors (Lipinski definition) is 1. The van der Waals surface area contributed by atoms with E-state index >= 15 is 0 Å². The maximum absolute atomic E-state index is 13.3. The molecular weight excluding hydrogens is 304 g/mol. The Morgan fingerprint density at radius 3 is 2.43 bits per heavy atom. The summed E-state index contributed by atoms with van der Waals surface area (Å²) in [6, 6.07) is 7.93. The van der Waals surface area contributed by atoms with Crippen LogP contribution >= 0.6 is 0 Å². The van der Waals surface area contributed by atoms with Gasteiger partial charge in [0, 0.05) is 0 Å². The van der Waals surface area contributed by atoms with Crippen LogP contribution in [0.2, 0.25) is 0 Å². The second-order valence-electron chi connectivity index (χ2n) is 4.91. The van der Waals surface area contributed by atoms with Crippen LogP contribution in [0.15, 0.2) is 36.4 Å². The fraction of sp³-hybridized carbons (Fsp3) is 0.235. The van der Waals surface area contributed by atoms with E-state index < -0.39 is 23.6 Å². The number of carbonyl (C=O) groups excluding carboxylic acids is 1. The van der Waals surface area contributed by atoms with Crippen molar-refractivity contribution in [1.82, 2.24) is 5.32 Å². The van der Waals surface area contributed by atoms with Gasteiger partial charge >= 0.3 is 0 Å². The molecule has 2 rings (SSSR count). The van der Waals surface area contributed by atoms with E-state index in [4.69, 9.17) is 9.47 Å². The molecule has 0 saturated heterocycles. The average molecular weight is 321 g/mol. The molecule has 4 nitrogen and oxygen atoms in total. The van der Waals surface area contributed by atoms with Crippen molar-refractivity contribution in [3.05, 3.63) is 59.2 Å². The third kappa shape index (κ3) is 3.59. The lowest BCUT2D eigenvalue weighted by molar-refractivity contribution is 0.0936. The van der Waals surface area contributed by atoms with E-state index in [0.717, 1.165) is 12.1 Å². The molecule has 0 radical (unpaired) electrons. The lowest BCUT2D eigenvalue weighted by atomic mass is 10.1. The predicted molar refractivity (Wildman–Crippen MR) is 81.8 cm³/mol. The van der Waals surface area contributed by atoms with E-state index in [-0.39, 0.29) is 0 Å². The summed E-state index contributed by atoms with van der Waals surface area (Å²) in [5.74, 6) is -1.55. The van der Waals surface area contributed by atoms with Crippen LogP contribution in [0.3, 0.4) is 0 Å². The van der Waals surface area contributed by atoms with Crippen LogP contribution in [0.25, 0.3) is 0 Å². The van der Waals surface area contributed by atoms with Gasteiger partial charge in [0.1, 0.15) is 0 Å². The fourth-order valence-electron chi connectivity index (χ4n) is 2.21. The first kappa shape index (κ1) is 16.7. The van der Waals surface area contributed by atoms with Crippen LogP contribution < -0.4 is 14.8 Å². The number of para-hydroxylation sites is 1. The molecule has 0 fully saturated rings. The van der Waals surface area contributed by atoms with Crippen molar-refractivity contribution in [2.45, 2.75) is 13.0 Å². The van der Waals surface area contributed by atoms with Gasteiger partial charge in [0.15, 0.2) is 23.1 Å². The average Bonchev–Trinajstić information content (AvgIpc) is 2.56. The first-order valence-electron chi connectivity index (χ1n) is 6.94. The van der Waals surface area contributed by atoms with Crippen molar-refractivity contribution in [3.8, 4) is 11.5 Å². The topological polar surface area (TPSA) is 47.6 Å². The number of methoxy groups -OCH3 is 2. The molecule has 0 spiro atoms. The summed E-state index contributed by atoms with van der Waals surface area (Å²) < 4.78 is 36.6. The lowest BCUT2D eigenvalue weighted by Gasteiger charge is -2.17. The predicted octanol–water partition coefficient (Wildman–Crippen LogP) is 3.47. The van der Waals surface area contributed by atoms with Crippen LogP contribution in [0.5, 0.6) is 11.5 Å². The summed E-state index contributed by atoms with van der Waals surface area (Å²) in [6.45, 7) is 1.68. The van der Waals surface area contributed by atoms with E-state index in [1.807, 2.05) is 0 Å².